The van der Waals surface area contributed by atoms with Crippen LogP contribution in [0, 0.1) is 12.3 Å². The van der Waals surface area contributed by atoms with E-state index < -0.39 is 0 Å². The summed E-state index contributed by atoms with van der Waals surface area (Å²) in [7, 11) is 1.85. The lowest BCUT2D eigenvalue weighted by Gasteiger charge is -2.23. The van der Waals surface area contributed by atoms with Crippen LogP contribution in [-0.2, 0) is 6.42 Å². The van der Waals surface area contributed by atoms with Gasteiger partial charge < -0.3 is 15.7 Å². The van der Waals surface area contributed by atoms with E-state index in [0.29, 0.717) is 6.54 Å². The lowest BCUT2D eigenvalue weighted by atomic mass is 9.89. The summed E-state index contributed by atoms with van der Waals surface area (Å²) in [5, 5.41) is 16.4. The highest BCUT2D eigenvalue weighted by Crippen LogP contribution is 2.22. The molecule has 1 heterocycles. The Hall–Kier alpha value is -1.36. The molecule has 1 atom stereocenters. The lowest BCUT2D eigenvalue weighted by Crippen LogP contribution is -2.26. The first-order chi connectivity index (χ1) is 9.26. The predicted molar refractivity (Wildman–Crippen MR) is 84.3 cm³/mol. The van der Waals surface area contributed by atoms with Crippen LogP contribution in [0.3, 0.4) is 0 Å². The van der Waals surface area contributed by atoms with Gasteiger partial charge in [-0.2, -0.15) is 0 Å². The Kier molecular flexibility index (Phi) is 5.74. The number of hydrogen-bond donors (Lipinski definition) is 3. The van der Waals surface area contributed by atoms with Crippen LogP contribution < -0.4 is 10.6 Å². The SMILES string of the molecule is CCc1nc(NC)c(C)c(NCC(O)CC(C)(C)C)n1. The topological polar surface area (TPSA) is 70.1 Å². The molecule has 1 aromatic rings. The van der Waals surface area contributed by atoms with Crippen LogP contribution in [0.25, 0.3) is 0 Å². The highest BCUT2D eigenvalue weighted by molar-refractivity contribution is 5.57. The Morgan fingerprint density at radius 1 is 1.20 bits per heavy atom. The number of aliphatic hydroxyl groups is 1. The number of aryl methyl sites for hydroxylation is 1. The molecule has 0 radical (unpaired) electrons. The number of hydrogen-bond acceptors (Lipinski definition) is 5. The van der Waals surface area contributed by atoms with E-state index >= 15 is 0 Å². The van der Waals surface area contributed by atoms with E-state index in [1.807, 2.05) is 20.9 Å². The van der Waals surface area contributed by atoms with Gasteiger partial charge >= 0.3 is 0 Å². The van der Waals surface area contributed by atoms with Crippen molar-refractivity contribution in [1.82, 2.24) is 9.97 Å². The zero-order chi connectivity index (χ0) is 15.3. The molecule has 0 saturated heterocycles. The number of aliphatic hydroxyl groups excluding tert-OH is 1. The van der Waals surface area contributed by atoms with Crippen LogP contribution in [0.5, 0.6) is 0 Å². The molecule has 0 saturated carbocycles. The molecule has 3 N–H and O–H groups in total. The molecule has 0 aliphatic carbocycles. The average molecular weight is 280 g/mol. The van der Waals surface area contributed by atoms with Crippen molar-refractivity contribution in [2.24, 2.45) is 5.41 Å². The van der Waals surface area contributed by atoms with Crippen LogP contribution >= 0.6 is 0 Å². The second kappa shape index (κ2) is 6.88. The van der Waals surface area contributed by atoms with Crippen molar-refractivity contribution >= 4 is 11.6 Å². The van der Waals surface area contributed by atoms with E-state index in [4.69, 9.17) is 0 Å². The third-order valence-corrected chi connectivity index (χ3v) is 3.10. The van der Waals surface area contributed by atoms with Gasteiger partial charge in [-0.1, -0.05) is 27.7 Å². The molecule has 0 aromatic carbocycles. The highest BCUT2D eigenvalue weighted by Gasteiger charge is 2.17. The summed E-state index contributed by atoms with van der Waals surface area (Å²) < 4.78 is 0. The lowest BCUT2D eigenvalue weighted by molar-refractivity contribution is 0.132. The first-order valence-corrected chi connectivity index (χ1v) is 7.24. The molecule has 0 amide bonds. The molecule has 0 bridgehead atoms. The summed E-state index contributed by atoms with van der Waals surface area (Å²) in [4.78, 5) is 8.93. The smallest absolute Gasteiger partial charge is 0.134 e. The van der Waals surface area contributed by atoms with Gasteiger partial charge in [0.15, 0.2) is 0 Å². The Morgan fingerprint density at radius 3 is 2.30 bits per heavy atom. The van der Waals surface area contributed by atoms with Crippen LogP contribution in [0.2, 0.25) is 0 Å². The minimum Gasteiger partial charge on any atom is -0.391 e. The fraction of sp³-hybridized carbons (Fsp3) is 0.733. The van der Waals surface area contributed by atoms with Crippen molar-refractivity contribution in [2.75, 3.05) is 24.2 Å². The molecule has 1 unspecified atom stereocenters. The van der Waals surface area contributed by atoms with Gasteiger partial charge in [-0.25, -0.2) is 9.97 Å². The average Bonchev–Trinajstić information content (AvgIpc) is 2.35. The minimum absolute atomic E-state index is 0.118. The number of rotatable bonds is 6. The van der Waals surface area contributed by atoms with Crippen molar-refractivity contribution < 1.29 is 5.11 Å². The number of aromatic nitrogens is 2. The summed E-state index contributed by atoms with van der Waals surface area (Å²) >= 11 is 0. The fourth-order valence-corrected chi connectivity index (χ4v) is 2.13. The van der Waals surface area contributed by atoms with Crippen LogP contribution in [0.1, 0.15) is 45.5 Å². The predicted octanol–water partition coefficient (Wildman–Crippen LogP) is 2.60. The van der Waals surface area contributed by atoms with Gasteiger partial charge in [-0.05, 0) is 18.8 Å². The quantitative estimate of drug-likeness (QED) is 0.747. The standard InChI is InChI=1S/C15H28N4O/c1-7-12-18-13(16-6)10(2)14(19-12)17-9-11(20)8-15(3,4)5/h11,20H,7-9H2,1-6H3,(H2,16,17,18,19). The molecular weight excluding hydrogens is 252 g/mol. The van der Waals surface area contributed by atoms with Gasteiger partial charge in [0.1, 0.15) is 17.5 Å². The van der Waals surface area contributed by atoms with E-state index in [2.05, 4.69) is 41.4 Å². The molecule has 0 aliphatic rings. The Balaban J connectivity index is 2.77. The van der Waals surface area contributed by atoms with Crippen LogP contribution in [0.15, 0.2) is 0 Å². The zero-order valence-electron chi connectivity index (χ0n) is 13.5. The number of anilines is 2. The zero-order valence-corrected chi connectivity index (χ0v) is 13.5. The van der Waals surface area contributed by atoms with Crippen LogP contribution in [0.4, 0.5) is 11.6 Å². The summed E-state index contributed by atoms with van der Waals surface area (Å²) in [6.07, 6.45) is 1.16. The van der Waals surface area contributed by atoms with Crippen LogP contribution in [-0.4, -0.2) is 34.8 Å². The Morgan fingerprint density at radius 2 is 1.80 bits per heavy atom. The van der Waals surface area contributed by atoms with Crippen molar-refractivity contribution in [1.29, 1.82) is 0 Å². The molecule has 20 heavy (non-hydrogen) atoms. The summed E-state index contributed by atoms with van der Waals surface area (Å²) in [6, 6.07) is 0. The van der Waals surface area contributed by atoms with Crippen molar-refractivity contribution in [2.45, 2.75) is 53.6 Å². The molecule has 0 aliphatic heterocycles. The van der Waals surface area contributed by atoms with Gasteiger partial charge in [-0.15, -0.1) is 0 Å². The van der Waals surface area contributed by atoms with Gasteiger partial charge in [0.25, 0.3) is 0 Å². The Labute approximate surface area is 122 Å². The molecule has 1 rings (SSSR count). The second-order valence-corrected chi connectivity index (χ2v) is 6.37. The monoisotopic (exact) mass is 280 g/mol. The van der Waals surface area contributed by atoms with E-state index in [1.54, 1.807) is 0 Å². The van der Waals surface area contributed by atoms with Gasteiger partial charge in [-0.3, -0.25) is 0 Å². The third-order valence-electron chi connectivity index (χ3n) is 3.10. The van der Waals surface area contributed by atoms with E-state index in [1.165, 1.54) is 0 Å². The molecule has 5 nitrogen and oxygen atoms in total. The fourth-order valence-electron chi connectivity index (χ4n) is 2.13. The Bertz CT molecular complexity index is 440. The summed E-state index contributed by atoms with van der Waals surface area (Å²) in [5.41, 5.74) is 1.10. The van der Waals surface area contributed by atoms with Crippen molar-refractivity contribution in [3.63, 3.8) is 0 Å². The molecular formula is C15H28N4O. The largest absolute Gasteiger partial charge is 0.391 e. The maximum Gasteiger partial charge on any atom is 0.134 e. The number of nitrogens with one attached hydrogen (secondary N) is 2. The summed E-state index contributed by atoms with van der Waals surface area (Å²) in [5.74, 6) is 2.44. The minimum atomic E-state index is -0.382. The normalized spacial score (nSPS) is 13.2. The highest BCUT2D eigenvalue weighted by atomic mass is 16.3. The second-order valence-electron chi connectivity index (χ2n) is 6.37. The number of nitrogens with zero attached hydrogens (tertiary/aromatic N) is 2. The van der Waals surface area contributed by atoms with E-state index in [0.717, 1.165) is 35.9 Å². The first-order valence-electron chi connectivity index (χ1n) is 7.24. The van der Waals surface area contributed by atoms with Gasteiger partial charge in [0, 0.05) is 25.6 Å². The molecule has 0 spiro atoms. The maximum absolute atomic E-state index is 10.1. The van der Waals surface area contributed by atoms with E-state index in [-0.39, 0.29) is 11.5 Å². The van der Waals surface area contributed by atoms with E-state index in [9.17, 15) is 5.11 Å². The molecule has 1 aromatic heterocycles. The van der Waals surface area contributed by atoms with Gasteiger partial charge in [0.05, 0.1) is 6.10 Å². The van der Waals surface area contributed by atoms with Crippen molar-refractivity contribution in [3.05, 3.63) is 11.4 Å². The third kappa shape index (κ3) is 4.96. The van der Waals surface area contributed by atoms with Crippen molar-refractivity contribution in [3.8, 4) is 0 Å². The maximum atomic E-state index is 10.1. The first kappa shape index (κ1) is 16.7. The van der Waals surface area contributed by atoms with Gasteiger partial charge in [0.2, 0.25) is 0 Å². The summed E-state index contributed by atoms with van der Waals surface area (Å²) in [6.45, 7) is 10.9. The molecule has 114 valence electrons. The molecule has 0 fully saturated rings. The molecule has 5 heteroatoms.